The Kier molecular flexibility index (Phi) is 5.72. The fourth-order valence-corrected chi connectivity index (χ4v) is 3.09. The van der Waals surface area contributed by atoms with Crippen LogP contribution in [0.5, 0.6) is 0 Å². The molecule has 0 fully saturated rings. The molecule has 4 rings (SSSR count). The molecule has 7 nitrogen and oxygen atoms in total. The number of aromatic nitrogens is 3. The lowest BCUT2D eigenvalue weighted by Gasteiger charge is -2.08. The second-order valence-electron chi connectivity index (χ2n) is 6.79. The summed E-state index contributed by atoms with van der Waals surface area (Å²) in [6.45, 7) is 0.0594. The van der Waals surface area contributed by atoms with E-state index in [-0.39, 0.29) is 30.0 Å². The topological polar surface area (TPSA) is 96.9 Å². The SMILES string of the molecule is O=C(CCn1[nH]c(=O)c2ccccc2c1=O)Nc1cccc(C#Cc2ccccn2)c1. The molecule has 2 aromatic heterocycles. The predicted octanol–water partition coefficient (Wildman–Crippen LogP) is 2.51. The van der Waals surface area contributed by atoms with Crippen LogP contribution in [0.2, 0.25) is 0 Å². The van der Waals surface area contributed by atoms with E-state index in [0.29, 0.717) is 22.2 Å². The standard InChI is InChI=1S/C24H18N4O3/c29-22(13-15-28-24(31)21-10-2-1-9-20(21)23(30)27-28)26-19-8-5-6-17(16-19)11-12-18-7-3-4-14-25-18/h1-10,14,16H,13,15H2,(H,26,29)(H,27,30). The minimum Gasteiger partial charge on any atom is -0.326 e. The summed E-state index contributed by atoms with van der Waals surface area (Å²) in [5, 5.41) is 5.97. The lowest BCUT2D eigenvalue weighted by atomic mass is 10.2. The number of pyridine rings is 1. The van der Waals surface area contributed by atoms with Gasteiger partial charge in [-0.1, -0.05) is 30.2 Å². The normalized spacial score (nSPS) is 10.3. The van der Waals surface area contributed by atoms with Crippen LogP contribution in [0.15, 0.2) is 82.5 Å². The number of H-pyrrole nitrogens is 1. The monoisotopic (exact) mass is 410 g/mol. The third kappa shape index (κ3) is 4.77. The van der Waals surface area contributed by atoms with Gasteiger partial charge in [0.1, 0.15) is 5.69 Å². The summed E-state index contributed by atoms with van der Waals surface area (Å²) in [5.41, 5.74) is 1.28. The van der Waals surface area contributed by atoms with Crippen molar-refractivity contribution in [1.82, 2.24) is 14.8 Å². The van der Waals surface area contributed by atoms with Gasteiger partial charge < -0.3 is 5.32 Å². The van der Waals surface area contributed by atoms with Gasteiger partial charge in [0.25, 0.3) is 11.1 Å². The van der Waals surface area contributed by atoms with Gasteiger partial charge in [0.15, 0.2) is 0 Å². The molecule has 2 aromatic carbocycles. The number of aromatic amines is 1. The Balaban J connectivity index is 1.44. The number of carbonyl (C=O) groups is 1. The number of fused-ring (bicyclic) bond motifs is 1. The Bertz CT molecular complexity index is 1430. The van der Waals surface area contributed by atoms with Crippen molar-refractivity contribution >= 4 is 22.4 Å². The van der Waals surface area contributed by atoms with Crippen molar-refractivity contribution in [3.8, 4) is 11.8 Å². The Hall–Kier alpha value is -4.44. The molecule has 2 heterocycles. The third-order valence-corrected chi connectivity index (χ3v) is 4.59. The third-order valence-electron chi connectivity index (χ3n) is 4.59. The lowest BCUT2D eigenvalue weighted by molar-refractivity contribution is -0.116. The Morgan fingerprint density at radius 1 is 0.968 bits per heavy atom. The van der Waals surface area contributed by atoms with Gasteiger partial charge in [0, 0.05) is 23.9 Å². The van der Waals surface area contributed by atoms with Crippen molar-refractivity contribution in [3.63, 3.8) is 0 Å². The molecule has 0 bridgehead atoms. The fraction of sp³-hybridized carbons (Fsp3) is 0.0833. The van der Waals surface area contributed by atoms with Gasteiger partial charge in [-0.05, 0) is 48.4 Å². The van der Waals surface area contributed by atoms with E-state index in [1.807, 2.05) is 24.3 Å². The van der Waals surface area contributed by atoms with Crippen molar-refractivity contribution in [2.75, 3.05) is 5.32 Å². The van der Waals surface area contributed by atoms with Crippen molar-refractivity contribution in [2.45, 2.75) is 13.0 Å². The van der Waals surface area contributed by atoms with E-state index < -0.39 is 0 Å². The van der Waals surface area contributed by atoms with E-state index in [2.05, 4.69) is 27.2 Å². The van der Waals surface area contributed by atoms with Crippen LogP contribution < -0.4 is 16.4 Å². The molecule has 4 aromatic rings. The number of amides is 1. The van der Waals surface area contributed by atoms with Gasteiger partial charge in [-0.25, -0.2) is 9.67 Å². The van der Waals surface area contributed by atoms with Crippen LogP contribution in [0.4, 0.5) is 5.69 Å². The van der Waals surface area contributed by atoms with Crippen molar-refractivity contribution in [1.29, 1.82) is 0 Å². The van der Waals surface area contributed by atoms with Crippen molar-refractivity contribution in [2.24, 2.45) is 0 Å². The highest BCUT2D eigenvalue weighted by molar-refractivity contribution is 5.90. The summed E-state index contributed by atoms with van der Waals surface area (Å²) < 4.78 is 1.17. The summed E-state index contributed by atoms with van der Waals surface area (Å²) >= 11 is 0. The maximum absolute atomic E-state index is 12.5. The fourth-order valence-electron chi connectivity index (χ4n) is 3.09. The number of carbonyl (C=O) groups excluding carboxylic acids is 1. The van der Waals surface area contributed by atoms with Crippen LogP contribution in [0.25, 0.3) is 10.8 Å². The van der Waals surface area contributed by atoms with Crippen molar-refractivity contribution < 1.29 is 4.79 Å². The molecule has 0 aliphatic rings. The summed E-state index contributed by atoms with van der Waals surface area (Å²) in [6, 6.07) is 19.2. The zero-order valence-electron chi connectivity index (χ0n) is 16.5. The molecule has 0 saturated carbocycles. The largest absolute Gasteiger partial charge is 0.326 e. The van der Waals surface area contributed by atoms with Crippen molar-refractivity contribution in [3.05, 3.63) is 105 Å². The number of anilines is 1. The van der Waals surface area contributed by atoms with Crippen LogP contribution in [0.3, 0.4) is 0 Å². The molecule has 0 saturated heterocycles. The molecular formula is C24H18N4O3. The highest BCUT2D eigenvalue weighted by Gasteiger charge is 2.09. The molecule has 2 N–H and O–H groups in total. The van der Waals surface area contributed by atoms with E-state index in [1.54, 1.807) is 48.7 Å². The number of rotatable bonds is 4. The van der Waals surface area contributed by atoms with Gasteiger partial charge in [-0.3, -0.25) is 19.5 Å². The quantitative estimate of drug-likeness (QED) is 0.505. The van der Waals surface area contributed by atoms with E-state index in [4.69, 9.17) is 0 Å². The van der Waals surface area contributed by atoms with Crippen LogP contribution in [0, 0.1) is 11.8 Å². The molecule has 152 valence electrons. The van der Waals surface area contributed by atoms with E-state index >= 15 is 0 Å². The second kappa shape index (κ2) is 8.93. The summed E-state index contributed by atoms with van der Waals surface area (Å²) in [5.74, 6) is 5.70. The average molecular weight is 410 g/mol. The number of hydrogen-bond donors (Lipinski definition) is 2. The van der Waals surface area contributed by atoms with E-state index in [9.17, 15) is 14.4 Å². The minimum atomic E-state index is -0.366. The molecule has 0 aliphatic carbocycles. The van der Waals surface area contributed by atoms with Gasteiger partial charge in [-0.15, -0.1) is 0 Å². The predicted molar refractivity (Wildman–Crippen MR) is 119 cm³/mol. The number of hydrogen-bond acceptors (Lipinski definition) is 4. The van der Waals surface area contributed by atoms with Crippen LogP contribution >= 0.6 is 0 Å². The molecule has 0 unspecified atom stereocenters. The maximum Gasteiger partial charge on any atom is 0.273 e. The molecular weight excluding hydrogens is 392 g/mol. The molecule has 0 atom stereocenters. The number of nitrogens with one attached hydrogen (secondary N) is 2. The second-order valence-corrected chi connectivity index (χ2v) is 6.79. The molecule has 0 radical (unpaired) electrons. The zero-order valence-corrected chi connectivity index (χ0v) is 16.5. The van der Waals surface area contributed by atoms with Gasteiger partial charge in [0.2, 0.25) is 5.91 Å². The smallest absolute Gasteiger partial charge is 0.273 e. The molecule has 1 amide bonds. The van der Waals surface area contributed by atoms with Crippen LogP contribution in [-0.2, 0) is 11.3 Å². The number of nitrogens with zero attached hydrogens (tertiary/aromatic N) is 2. The highest BCUT2D eigenvalue weighted by Crippen LogP contribution is 2.10. The van der Waals surface area contributed by atoms with E-state index in [1.165, 1.54) is 4.68 Å². The Morgan fingerprint density at radius 3 is 2.58 bits per heavy atom. The van der Waals surface area contributed by atoms with Gasteiger partial charge >= 0.3 is 0 Å². The maximum atomic E-state index is 12.5. The van der Waals surface area contributed by atoms with Crippen LogP contribution in [-0.4, -0.2) is 20.7 Å². The number of benzene rings is 2. The first-order valence-corrected chi connectivity index (χ1v) is 9.65. The molecule has 0 spiro atoms. The Labute approximate surface area is 177 Å². The highest BCUT2D eigenvalue weighted by atomic mass is 16.2. The van der Waals surface area contributed by atoms with Gasteiger partial charge in [-0.2, -0.15) is 0 Å². The van der Waals surface area contributed by atoms with Gasteiger partial charge in [0.05, 0.1) is 17.3 Å². The first-order chi connectivity index (χ1) is 15.1. The minimum absolute atomic E-state index is 0.0258. The van der Waals surface area contributed by atoms with Crippen LogP contribution in [0.1, 0.15) is 17.7 Å². The zero-order chi connectivity index (χ0) is 21.6. The first-order valence-electron chi connectivity index (χ1n) is 9.65. The first kappa shape index (κ1) is 19.9. The average Bonchev–Trinajstić information content (AvgIpc) is 2.80. The summed E-state index contributed by atoms with van der Waals surface area (Å²) in [6.07, 6.45) is 1.70. The van der Waals surface area contributed by atoms with E-state index in [0.717, 1.165) is 5.56 Å². The summed E-state index contributed by atoms with van der Waals surface area (Å²) in [4.78, 5) is 41.2. The Morgan fingerprint density at radius 2 is 1.77 bits per heavy atom. The summed E-state index contributed by atoms with van der Waals surface area (Å²) in [7, 11) is 0. The molecule has 0 aliphatic heterocycles. The number of aryl methyl sites for hydroxylation is 1. The molecule has 31 heavy (non-hydrogen) atoms. The molecule has 7 heteroatoms. The lowest BCUT2D eigenvalue weighted by Crippen LogP contribution is -2.31.